The molecule has 0 radical (unpaired) electrons. The van der Waals surface area contributed by atoms with Crippen LogP contribution in [0.5, 0.6) is 11.5 Å². The van der Waals surface area contributed by atoms with Gasteiger partial charge in [0.2, 0.25) is 0 Å². The Labute approximate surface area is 75.7 Å². The number of aliphatic hydroxyl groups excluding tert-OH is 2. The lowest BCUT2D eigenvalue weighted by Gasteiger charge is -2.11. The summed E-state index contributed by atoms with van der Waals surface area (Å²) < 4.78 is 0. The highest BCUT2D eigenvalue weighted by Crippen LogP contribution is 2.32. The van der Waals surface area contributed by atoms with Gasteiger partial charge in [-0.3, -0.25) is 0 Å². The van der Waals surface area contributed by atoms with Crippen LogP contribution < -0.4 is 0 Å². The Kier molecular flexibility index (Phi) is 2.75. The van der Waals surface area contributed by atoms with Crippen LogP contribution in [0.25, 0.3) is 0 Å². The van der Waals surface area contributed by atoms with Crippen molar-refractivity contribution >= 4 is 0 Å². The molecule has 0 aromatic heterocycles. The van der Waals surface area contributed by atoms with Crippen LogP contribution in [0, 0.1) is 6.92 Å². The second kappa shape index (κ2) is 3.64. The first-order valence-corrected chi connectivity index (χ1v) is 3.86. The van der Waals surface area contributed by atoms with Crippen LogP contribution in [-0.2, 0) is 13.2 Å². The molecule has 0 atom stereocenters. The van der Waals surface area contributed by atoms with Gasteiger partial charge in [-0.25, -0.2) is 0 Å². The second-order valence-corrected chi connectivity index (χ2v) is 2.82. The van der Waals surface area contributed by atoms with Gasteiger partial charge in [0.15, 0.2) is 0 Å². The molecule has 0 fully saturated rings. The smallest absolute Gasteiger partial charge is 0.127 e. The van der Waals surface area contributed by atoms with Crippen LogP contribution in [0.3, 0.4) is 0 Å². The maximum Gasteiger partial charge on any atom is 0.127 e. The largest absolute Gasteiger partial charge is 0.508 e. The topological polar surface area (TPSA) is 80.9 Å². The average molecular weight is 184 g/mol. The predicted molar refractivity (Wildman–Crippen MR) is 46.4 cm³/mol. The van der Waals surface area contributed by atoms with Crippen LogP contribution in [0.2, 0.25) is 0 Å². The summed E-state index contributed by atoms with van der Waals surface area (Å²) in [5.41, 5.74) is 0.897. The Hall–Kier alpha value is -1.26. The van der Waals surface area contributed by atoms with E-state index in [4.69, 9.17) is 10.2 Å². The maximum absolute atomic E-state index is 9.46. The first-order valence-electron chi connectivity index (χ1n) is 3.86. The molecule has 0 aliphatic carbocycles. The molecule has 72 valence electrons. The van der Waals surface area contributed by atoms with E-state index in [0.717, 1.165) is 0 Å². The fourth-order valence-electron chi connectivity index (χ4n) is 1.18. The van der Waals surface area contributed by atoms with Gasteiger partial charge in [0.25, 0.3) is 0 Å². The van der Waals surface area contributed by atoms with Crippen molar-refractivity contribution in [3.63, 3.8) is 0 Å². The summed E-state index contributed by atoms with van der Waals surface area (Å²) in [7, 11) is 0. The van der Waals surface area contributed by atoms with Gasteiger partial charge < -0.3 is 20.4 Å². The lowest BCUT2D eigenvalue weighted by Crippen LogP contribution is -1.95. The molecule has 0 saturated carbocycles. The Morgan fingerprint density at radius 3 is 2.23 bits per heavy atom. The van der Waals surface area contributed by atoms with E-state index < -0.39 is 0 Å². The Morgan fingerprint density at radius 2 is 1.77 bits per heavy atom. The molecule has 0 heterocycles. The van der Waals surface area contributed by atoms with Gasteiger partial charge in [-0.1, -0.05) is 0 Å². The summed E-state index contributed by atoms with van der Waals surface area (Å²) in [6.45, 7) is 0.855. The van der Waals surface area contributed by atoms with Crippen molar-refractivity contribution in [2.75, 3.05) is 0 Å². The minimum atomic E-state index is -0.368. The lowest BCUT2D eigenvalue weighted by atomic mass is 10.0. The second-order valence-electron chi connectivity index (χ2n) is 2.82. The molecule has 0 amide bonds. The summed E-state index contributed by atoms with van der Waals surface area (Å²) in [5, 5.41) is 36.5. The molecule has 4 heteroatoms. The molecule has 4 nitrogen and oxygen atoms in total. The number of phenolic OH excluding ortho intramolecular Hbond substituents is 1. The summed E-state index contributed by atoms with van der Waals surface area (Å²) in [4.78, 5) is 0. The van der Waals surface area contributed by atoms with Crippen LogP contribution in [0.4, 0.5) is 0 Å². The van der Waals surface area contributed by atoms with Gasteiger partial charge in [-0.2, -0.15) is 0 Å². The molecule has 0 unspecified atom stereocenters. The van der Waals surface area contributed by atoms with E-state index in [1.165, 1.54) is 6.07 Å². The molecule has 13 heavy (non-hydrogen) atoms. The van der Waals surface area contributed by atoms with E-state index in [2.05, 4.69) is 0 Å². The molecule has 4 N–H and O–H groups in total. The fourth-order valence-corrected chi connectivity index (χ4v) is 1.18. The number of hydrogen-bond acceptors (Lipinski definition) is 4. The maximum atomic E-state index is 9.46. The quantitative estimate of drug-likeness (QED) is 0.501. The Morgan fingerprint density at radius 1 is 1.15 bits per heavy atom. The van der Waals surface area contributed by atoms with Gasteiger partial charge >= 0.3 is 0 Å². The first-order chi connectivity index (χ1) is 6.11. The lowest BCUT2D eigenvalue weighted by molar-refractivity contribution is 0.261. The zero-order valence-electron chi connectivity index (χ0n) is 7.28. The standard InChI is InChI=1S/C9H12O4/c1-5-7(4-11)9(13)6(3-10)2-8(5)12/h2,10-13H,3-4H2,1H3. The number of benzene rings is 1. The summed E-state index contributed by atoms with van der Waals surface area (Å²) in [6, 6.07) is 1.28. The van der Waals surface area contributed by atoms with Gasteiger partial charge in [0.1, 0.15) is 11.5 Å². The summed E-state index contributed by atoms with van der Waals surface area (Å²) in [6.07, 6.45) is 0. The first kappa shape index (κ1) is 9.83. The zero-order valence-corrected chi connectivity index (χ0v) is 7.28. The molecule has 1 aromatic carbocycles. The van der Waals surface area contributed by atoms with Gasteiger partial charge in [0.05, 0.1) is 13.2 Å². The minimum absolute atomic E-state index is 0.0362. The summed E-state index contributed by atoms with van der Waals surface area (Å²) >= 11 is 0. The molecule has 0 bridgehead atoms. The van der Waals surface area contributed by atoms with Crippen LogP contribution >= 0.6 is 0 Å². The van der Waals surface area contributed by atoms with Crippen molar-refractivity contribution in [3.8, 4) is 11.5 Å². The molecule has 1 rings (SSSR count). The van der Waals surface area contributed by atoms with Crippen molar-refractivity contribution in [2.45, 2.75) is 20.1 Å². The highest BCUT2D eigenvalue weighted by atomic mass is 16.3. The normalized spacial score (nSPS) is 10.4. The highest BCUT2D eigenvalue weighted by Gasteiger charge is 2.12. The molecule has 0 aliphatic rings. The van der Waals surface area contributed by atoms with E-state index in [9.17, 15) is 10.2 Å². The number of aromatic hydroxyl groups is 2. The molecule has 0 aliphatic heterocycles. The molecular formula is C9H12O4. The van der Waals surface area contributed by atoms with Crippen LogP contribution in [0.15, 0.2) is 6.07 Å². The van der Waals surface area contributed by atoms with E-state index in [-0.39, 0.29) is 35.8 Å². The van der Waals surface area contributed by atoms with Crippen molar-refractivity contribution in [1.82, 2.24) is 0 Å². The van der Waals surface area contributed by atoms with Crippen molar-refractivity contribution in [3.05, 3.63) is 22.8 Å². The van der Waals surface area contributed by atoms with Crippen LogP contribution in [-0.4, -0.2) is 20.4 Å². The monoisotopic (exact) mass is 184 g/mol. The fraction of sp³-hybridized carbons (Fsp3) is 0.333. The Bertz CT molecular complexity index is 320. The third-order valence-electron chi connectivity index (χ3n) is 2.07. The molecule has 1 aromatic rings. The molecular weight excluding hydrogens is 172 g/mol. The van der Waals surface area contributed by atoms with E-state index >= 15 is 0 Å². The number of aliphatic hydroxyl groups is 2. The van der Waals surface area contributed by atoms with Gasteiger partial charge in [0, 0.05) is 11.1 Å². The number of rotatable bonds is 2. The zero-order chi connectivity index (χ0) is 10.0. The van der Waals surface area contributed by atoms with Gasteiger partial charge in [-0.05, 0) is 18.6 Å². The van der Waals surface area contributed by atoms with E-state index in [1.807, 2.05) is 0 Å². The van der Waals surface area contributed by atoms with Gasteiger partial charge in [-0.15, -0.1) is 0 Å². The van der Waals surface area contributed by atoms with Crippen molar-refractivity contribution in [1.29, 1.82) is 0 Å². The molecule has 0 saturated heterocycles. The van der Waals surface area contributed by atoms with Crippen molar-refractivity contribution < 1.29 is 20.4 Å². The number of hydrogen-bond donors (Lipinski definition) is 4. The molecule has 0 spiro atoms. The highest BCUT2D eigenvalue weighted by molar-refractivity contribution is 5.51. The van der Waals surface area contributed by atoms with Crippen LogP contribution in [0.1, 0.15) is 16.7 Å². The van der Waals surface area contributed by atoms with E-state index in [0.29, 0.717) is 5.56 Å². The predicted octanol–water partition coefficient (Wildman–Crippen LogP) is 0.391. The summed E-state index contributed by atoms with van der Waals surface area (Å²) in [5.74, 6) is -0.189. The van der Waals surface area contributed by atoms with Crippen molar-refractivity contribution in [2.24, 2.45) is 0 Å². The number of phenols is 2. The Balaban J connectivity index is 3.39. The average Bonchev–Trinajstić information content (AvgIpc) is 2.12. The minimum Gasteiger partial charge on any atom is -0.508 e. The third-order valence-corrected chi connectivity index (χ3v) is 2.07. The third kappa shape index (κ3) is 1.59. The van der Waals surface area contributed by atoms with E-state index in [1.54, 1.807) is 6.92 Å². The SMILES string of the molecule is Cc1c(O)cc(CO)c(O)c1CO.